The normalized spacial score (nSPS) is 35.4. The summed E-state index contributed by atoms with van der Waals surface area (Å²) in [6, 6.07) is -1.51. The molecule has 0 saturated carbocycles. The molecule has 1 N–H and O–H groups in total. The molecule has 0 aromatic rings. The molecule has 2 fully saturated rings. The molecule has 1 spiro atoms. The highest BCUT2D eigenvalue weighted by Gasteiger charge is 2.76. The molecule has 4 heterocycles. The van der Waals surface area contributed by atoms with Gasteiger partial charge < -0.3 is 24.4 Å². The molecule has 194 valence electrons. The number of likely N-dealkylation sites (tertiary alicyclic amines) is 1. The second kappa shape index (κ2) is 10.1. The number of cyclic esters (lactones) is 1. The number of unbranched alkanes of at least 4 members (excludes halogenated alkanes) is 2. The lowest BCUT2D eigenvalue weighted by atomic mass is 9.73. The summed E-state index contributed by atoms with van der Waals surface area (Å²) in [7, 11) is 0. The number of ether oxygens (including phenoxy) is 2. The van der Waals surface area contributed by atoms with Gasteiger partial charge in [-0.25, -0.2) is 0 Å². The van der Waals surface area contributed by atoms with E-state index in [-0.39, 0.29) is 30.9 Å². The minimum Gasteiger partial charge on any atom is -0.465 e. The second-order valence-electron chi connectivity index (χ2n) is 10.6. The Labute approximate surface area is 208 Å². The SMILES string of the molecule is CCCCCN1CC=C[C@]23O[C@]4(CC)C=CCCOC(=O)[C@@H]4[C@H]2C(=O)N([C@@H](CO)C(C)C)C3C1=O. The maximum Gasteiger partial charge on any atom is 0.313 e. The van der Waals surface area contributed by atoms with Crippen LogP contribution in [-0.2, 0) is 23.9 Å². The summed E-state index contributed by atoms with van der Waals surface area (Å²) in [6.07, 6.45) is 11.6. The number of nitrogens with zero attached hydrogens (tertiary/aromatic N) is 2. The molecule has 4 aliphatic rings. The third-order valence-electron chi connectivity index (χ3n) is 8.27. The van der Waals surface area contributed by atoms with Gasteiger partial charge in [-0.15, -0.1) is 0 Å². The number of carbonyl (C=O) groups is 3. The molecule has 0 aromatic carbocycles. The summed E-state index contributed by atoms with van der Waals surface area (Å²) in [4.78, 5) is 45.1. The standard InChI is InChI=1S/C27H40N2O6/c1-5-7-9-14-28-15-11-13-27-20(21-25(33)34-16-10-8-12-26(21,6-2)35-27)23(31)29(22(27)24(28)32)19(17-30)18(3)4/h8,11-13,18-22,30H,5-7,9-10,14-17H2,1-4H3/t19-,20-,21-,22?,26+,27-/m0/s1. The Hall–Kier alpha value is -2.19. The molecule has 6 atom stereocenters. The van der Waals surface area contributed by atoms with Crippen molar-refractivity contribution in [1.29, 1.82) is 0 Å². The van der Waals surface area contributed by atoms with Crippen molar-refractivity contribution in [1.82, 2.24) is 9.80 Å². The molecule has 0 aliphatic carbocycles. The van der Waals surface area contributed by atoms with Crippen molar-refractivity contribution < 1.29 is 29.0 Å². The van der Waals surface area contributed by atoms with E-state index in [0.717, 1.165) is 19.3 Å². The molecule has 8 nitrogen and oxygen atoms in total. The molecule has 4 aliphatic heterocycles. The highest BCUT2D eigenvalue weighted by Crippen LogP contribution is 2.58. The van der Waals surface area contributed by atoms with Crippen molar-refractivity contribution in [3.05, 3.63) is 24.3 Å². The van der Waals surface area contributed by atoms with Crippen molar-refractivity contribution in [3.8, 4) is 0 Å². The Bertz CT molecular complexity index is 900. The van der Waals surface area contributed by atoms with Crippen LogP contribution in [0.2, 0.25) is 0 Å². The molecule has 35 heavy (non-hydrogen) atoms. The molecule has 2 amide bonds. The minimum absolute atomic E-state index is 0.0893. The molecular weight excluding hydrogens is 448 g/mol. The van der Waals surface area contributed by atoms with Crippen molar-refractivity contribution in [2.24, 2.45) is 17.8 Å². The van der Waals surface area contributed by atoms with Gasteiger partial charge in [-0.2, -0.15) is 0 Å². The van der Waals surface area contributed by atoms with E-state index in [1.54, 1.807) is 4.90 Å². The van der Waals surface area contributed by atoms with E-state index in [1.807, 2.05) is 45.1 Å². The van der Waals surface area contributed by atoms with E-state index in [9.17, 15) is 19.5 Å². The van der Waals surface area contributed by atoms with E-state index in [4.69, 9.17) is 9.47 Å². The number of aliphatic hydroxyl groups is 1. The molecule has 0 radical (unpaired) electrons. The van der Waals surface area contributed by atoms with Gasteiger partial charge in [-0.1, -0.05) is 64.8 Å². The first-order chi connectivity index (χ1) is 16.8. The quantitative estimate of drug-likeness (QED) is 0.320. The number of carbonyl (C=O) groups excluding carboxylic acids is 3. The first-order valence-electron chi connectivity index (χ1n) is 13.2. The van der Waals surface area contributed by atoms with Crippen LogP contribution in [0.4, 0.5) is 0 Å². The summed E-state index contributed by atoms with van der Waals surface area (Å²) >= 11 is 0. The molecule has 4 rings (SSSR count). The van der Waals surface area contributed by atoms with Crippen LogP contribution < -0.4 is 0 Å². The number of fused-ring (bicyclic) bond motifs is 2. The Morgan fingerprint density at radius 3 is 2.51 bits per heavy atom. The predicted octanol–water partition coefficient (Wildman–Crippen LogP) is 2.46. The first kappa shape index (κ1) is 25.9. The van der Waals surface area contributed by atoms with Gasteiger partial charge in [0.15, 0.2) is 0 Å². The molecule has 0 bridgehead atoms. The van der Waals surface area contributed by atoms with Crippen molar-refractivity contribution in [2.75, 3.05) is 26.3 Å². The van der Waals surface area contributed by atoms with Gasteiger partial charge in [0.25, 0.3) is 0 Å². The fourth-order valence-electron chi connectivity index (χ4n) is 6.45. The van der Waals surface area contributed by atoms with Crippen LogP contribution in [0, 0.1) is 17.8 Å². The number of rotatable bonds is 8. The molecular formula is C27H40N2O6. The van der Waals surface area contributed by atoms with Gasteiger partial charge in [-0.3, -0.25) is 14.4 Å². The largest absolute Gasteiger partial charge is 0.465 e. The van der Waals surface area contributed by atoms with Gasteiger partial charge in [0.1, 0.15) is 23.2 Å². The molecule has 8 heteroatoms. The van der Waals surface area contributed by atoms with Gasteiger partial charge >= 0.3 is 5.97 Å². The highest BCUT2D eigenvalue weighted by molar-refractivity contribution is 5.99. The minimum atomic E-state index is -1.30. The zero-order valence-electron chi connectivity index (χ0n) is 21.4. The monoisotopic (exact) mass is 488 g/mol. The average molecular weight is 489 g/mol. The van der Waals surface area contributed by atoms with Gasteiger partial charge in [-0.05, 0) is 25.2 Å². The lowest BCUT2D eigenvalue weighted by Gasteiger charge is -2.42. The van der Waals surface area contributed by atoms with Crippen LogP contribution in [0.1, 0.15) is 59.8 Å². The summed E-state index contributed by atoms with van der Waals surface area (Å²) in [5.74, 6) is -2.80. The molecule has 0 aromatic heterocycles. The van der Waals surface area contributed by atoms with Gasteiger partial charge in [0, 0.05) is 13.1 Å². The fraction of sp³-hybridized carbons (Fsp3) is 0.741. The summed E-state index contributed by atoms with van der Waals surface area (Å²) < 4.78 is 12.4. The smallest absolute Gasteiger partial charge is 0.313 e. The zero-order valence-corrected chi connectivity index (χ0v) is 21.4. The number of amides is 2. The Kier molecular flexibility index (Phi) is 7.44. The summed E-state index contributed by atoms with van der Waals surface area (Å²) in [6.45, 7) is 8.89. The van der Waals surface area contributed by atoms with Crippen LogP contribution in [-0.4, -0.2) is 82.3 Å². The molecule has 1 unspecified atom stereocenters. The van der Waals surface area contributed by atoms with E-state index >= 15 is 0 Å². The number of hydrogen-bond donors (Lipinski definition) is 1. The fourth-order valence-corrected chi connectivity index (χ4v) is 6.45. The number of aliphatic hydroxyl groups excluding tert-OH is 1. The molecule has 2 saturated heterocycles. The van der Waals surface area contributed by atoms with Crippen LogP contribution >= 0.6 is 0 Å². The van der Waals surface area contributed by atoms with Gasteiger partial charge in [0.2, 0.25) is 11.8 Å². The van der Waals surface area contributed by atoms with E-state index < -0.39 is 41.1 Å². The van der Waals surface area contributed by atoms with Crippen molar-refractivity contribution in [3.63, 3.8) is 0 Å². The van der Waals surface area contributed by atoms with E-state index in [0.29, 0.717) is 25.9 Å². The van der Waals surface area contributed by atoms with Crippen LogP contribution in [0.5, 0.6) is 0 Å². The van der Waals surface area contributed by atoms with E-state index in [1.165, 1.54) is 4.90 Å². The number of hydrogen-bond acceptors (Lipinski definition) is 6. The van der Waals surface area contributed by atoms with Crippen LogP contribution in [0.25, 0.3) is 0 Å². The lowest BCUT2D eigenvalue weighted by molar-refractivity contribution is -0.164. The predicted molar refractivity (Wildman–Crippen MR) is 130 cm³/mol. The van der Waals surface area contributed by atoms with Crippen LogP contribution in [0.15, 0.2) is 24.3 Å². The maximum absolute atomic E-state index is 14.2. The second-order valence-corrected chi connectivity index (χ2v) is 10.6. The van der Waals surface area contributed by atoms with Crippen molar-refractivity contribution in [2.45, 2.75) is 83.1 Å². The highest BCUT2D eigenvalue weighted by atomic mass is 16.6. The lowest BCUT2D eigenvalue weighted by Crippen LogP contribution is -2.59. The van der Waals surface area contributed by atoms with Crippen molar-refractivity contribution >= 4 is 17.8 Å². The Morgan fingerprint density at radius 2 is 1.86 bits per heavy atom. The van der Waals surface area contributed by atoms with Crippen LogP contribution in [0.3, 0.4) is 0 Å². The topological polar surface area (TPSA) is 96.4 Å². The summed E-state index contributed by atoms with van der Waals surface area (Å²) in [5.41, 5.74) is -2.33. The third kappa shape index (κ3) is 4.02. The summed E-state index contributed by atoms with van der Waals surface area (Å²) in [5, 5.41) is 10.3. The van der Waals surface area contributed by atoms with E-state index in [2.05, 4.69) is 6.92 Å². The Morgan fingerprint density at radius 1 is 1.09 bits per heavy atom. The zero-order chi connectivity index (χ0) is 25.4. The maximum atomic E-state index is 14.2. The van der Waals surface area contributed by atoms with Gasteiger partial charge in [0.05, 0.1) is 25.2 Å². The average Bonchev–Trinajstić information content (AvgIpc) is 3.17. The number of esters is 1. The third-order valence-corrected chi connectivity index (χ3v) is 8.27. The Balaban J connectivity index is 1.87. The first-order valence-corrected chi connectivity index (χ1v) is 13.2.